The first-order valence-electron chi connectivity index (χ1n) is 6.56. The van der Waals surface area contributed by atoms with E-state index in [0.717, 1.165) is 22.2 Å². The minimum atomic E-state index is -3.37. The summed E-state index contributed by atoms with van der Waals surface area (Å²) in [5.41, 5.74) is 0.968. The molecular weight excluding hydrogens is 346 g/mol. The molecule has 6 heteroatoms. The summed E-state index contributed by atoms with van der Waals surface area (Å²) in [7, 11) is -3.37. The Kier molecular flexibility index (Phi) is 4.75. The van der Waals surface area contributed by atoms with Gasteiger partial charge in [0.05, 0.1) is 3.79 Å². The van der Waals surface area contributed by atoms with Crippen LogP contribution in [0.25, 0.3) is 0 Å². The Hall–Kier alpha value is 0.0900. The van der Waals surface area contributed by atoms with Gasteiger partial charge in [-0.05, 0) is 65.6 Å². The lowest BCUT2D eigenvalue weighted by Gasteiger charge is -2.31. The van der Waals surface area contributed by atoms with Crippen LogP contribution in [0.5, 0.6) is 0 Å². The van der Waals surface area contributed by atoms with Crippen molar-refractivity contribution in [3.05, 3.63) is 15.4 Å². The van der Waals surface area contributed by atoms with Crippen LogP contribution in [0.15, 0.2) is 14.1 Å². The van der Waals surface area contributed by atoms with E-state index in [1.54, 1.807) is 6.07 Å². The highest BCUT2D eigenvalue weighted by Gasteiger charge is 2.28. The number of hydrogen-bond donors (Lipinski definition) is 1. The van der Waals surface area contributed by atoms with Crippen LogP contribution in [0, 0.1) is 18.8 Å². The van der Waals surface area contributed by atoms with Crippen LogP contribution in [-0.2, 0) is 10.0 Å². The third kappa shape index (κ3) is 3.80. The second-order valence-electron chi connectivity index (χ2n) is 5.76. The van der Waals surface area contributed by atoms with Gasteiger partial charge in [0.2, 0.25) is 10.0 Å². The zero-order valence-corrected chi connectivity index (χ0v) is 14.7. The fourth-order valence-corrected chi connectivity index (χ4v) is 6.39. The Morgan fingerprint density at radius 2 is 1.84 bits per heavy atom. The smallest absolute Gasteiger partial charge is 0.207 e. The lowest BCUT2D eigenvalue weighted by atomic mass is 9.81. The first-order chi connectivity index (χ1) is 8.78. The van der Waals surface area contributed by atoms with Gasteiger partial charge < -0.3 is 0 Å². The zero-order valence-electron chi connectivity index (χ0n) is 11.4. The Labute approximate surface area is 128 Å². The van der Waals surface area contributed by atoms with Crippen molar-refractivity contribution >= 4 is 37.3 Å². The van der Waals surface area contributed by atoms with Crippen LogP contribution < -0.4 is 4.72 Å². The van der Waals surface area contributed by atoms with Gasteiger partial charge in [-0.15, -0.1) is 11.3 Å². The quantitative estimate of drug-likeness (QED) is 0.881. The van der Waals surface area contributed by atoms with Gasteiger partial charge >= 0.3 is 0 Å². The van der Waals surface area contributed by atoms with E-state index in [0.29, 0.717) is 16.0 Å². The van der Waals surface area contributed by atoms with Crippen LogP contribution in [0.4, 0.5) is 0 Å². The lowest BCUT2D eigenvalue weighted by molar-refractivity contribution is 0.258. The SMILES string of the molecule is Cc1cc(S(=O)(=O)NC2CC(C)CC(C)C2)sc1Br. The first-order valence-corrected chi connectivity index (χ1v) is 9.65. The molecule has 0 aliphatic heterocycles. The van der Waals surface area contributed by atoms with Crippen LogP contribution in [0.3, 0.4) is 0 Å². The third-order valence-electron chi connectivity index (χ3n) is 3.60. The second kappa shape index (κ2) is 5.84. The maximum atomic E-state index is 12.4. The van der Waals surface area contributed by atoms with E-state index in [1.165, 1.54) is 17.8 Å². The maximum Gasteiger partial charge on any atom is 0.250 e. The predicted octanol–water partition coefficient (Wildman–Crippen LogP) is 3.92. The normalized spacial score (nSPS) is 28.5. The van der Waals surface area contributed by atoms with Crippen molar-refractivity contribution in [3.8, 4) is 0 Å². The lowest BCUT2D eigenvalue weighted by Crippen LogP contribution is -2.39. The average molecular weight is 366 g/mol. The molecule has 1 aromatic rings. The van der Waals surface area contributed by atoms with Crippen molar-refractivity contribution in [1.82, 2.24) is 4.72 Å². The molecule has 1 fully saturated rings. The molecule has 0 amide bonds. The Bertz CT molecular complexity index is 523. The summed E-state index contributed by atoms with van der Waals surface area (Å²) in [6.07, 6.45) is 3.08. The summed E-state index contributed by atoms with van der Waals surface area (Å²) in [4.78, 5) is 0. The maximum absolute atomic E-state index is 12.4. The van der Waals surface area contributed by atoms with Gasteiger partial charge in [-0.3, -0.25) is 0 Å². The standard InChI is InChI=1S/C13H20BrNO2S2/c1-8-4-9(2)6-11(5-8)15-19(16,17)12-7-10(3)13(14)18-12/h7-9,11,15H,4-6H2,1-3H3. The Morgan fingerprint density at radius 1 is 1.26 bits per heavy atom. The number of hydrogen-bond acceptors (Lipinski definition) is 3. The molecule has 1 aliphatic carbocycles. The average Bonchev–Trinajstić information content (AvgIpc) is 2.57. The van der Waals surface area contributed by atoms with Crippen LogP contribution in [0.1, 0.15) is 38.7 Å². The number of halogens is 1. The number of thiophene rings is 1. The van der Waals surface area contributed by atoms with Gasteiger partial charge in [0, 0.05) is 6.04 Å². The summed E-state index contributed by atoms with van der Waals surface area (Å²) in [5, 5.41) is 0. The van der Waals surface area contributed by atoms with Crippen molar-refractivity contribution in [2.75, 3.05) is 0 Å². The summed E-state index contributed by atoms with van der Waals surface area (Å²) in [6.45, 7) is 6.30. The van der Waals surface area contributed by atoms with E-state index in [4.69, 9.17) is 0 Å². The predicted molar refractivity (Wildman–Crippen MR) is 83.0 cm³/mol. The van der Waals surface area contributed by atoms with Crippen molar-refractivity contribution in [2.45, 2.75) is 50.3 Å². The Morgan fingerprint density at radius 3 is 2.32 bits per heavy atom. The fourth-order valence-electron chi connectivity index (χ4n) is 2.88. The van der Waals surface area contributed by atoms with Gasteiger partial charge in [0.1, 0.15) is 4.21 Å². The van der Waals surface area contributed by atoms with Gasteiger partial charge in [-0.1, -0.05) is 13.8 Å². The highest BCUT2D eigenvalue weighted by molar-refractivity contribution is 9.11. The molecule has 1 aromatic heterocycles. The first kappa shape index (κ1) is 15.5. The van der Waals surface area contributed by atoms with Crippen LogP contribution in [0.2, 0.25) is 0 Å². The molecule has 2 rings (SSSR count). The molecule has 3 nitrogen and oxygen atoms in total. The van der Waals surface area contributed by atoms with E-state index in [2.05, 4.69) is 34.5 Å². The molecule has 1 aliphatic rings. The second-order valence-corrected chi connectivity index (χ2v) is 10.1. The zero-order chi connectivity index (χ0) is 14.2. The highest BCUT2D eigenvalue weighted by Crippen LogP contribution is 2.33. The summed E-state index contributed by atoms with van der Waals surface area (Å²) in [6, 6.07) is 1.80. The molecule has 2 atom stereocenters. The molecule has 0 saturated heterocycles. The molecule has 19 heavy (non-hydrogen) atoms. The van der Waals surface area contributed by atoms with Crippen molar-refractivity contribution in [3.63, 3.8) is 0 Å². The molecule has 0 radical (unpaired) electrons. The molecule has 108 valence electrons. The van der Waals surface area contributed by atoms with Crippen molar-refractivity contribution in [2.24, 2.45) is 11.8 Å². The van der Waals surface area contributed by atoms with Gasteiger partial charge in [-0.25, -0.2) is 13.1 Å². The van der Waals surface area contributed by atoms with Crippen molar-refractivity contribution < 1.29 is 8.42 Å². The minimum absolute atomic E-state index is 0.0740. The molecule has 0 bridgehead atoms. The van der Waals surface area contributed by atoms with Gasteiger partial charge in [0.25, 0.3) is 0 Å². The van der Waals surface area contributed by atoms with E-state index in [-0.39, 0.29) is 6.04 Å². The van der Waals surface area contributed by atoms with E-state index >= 15 is 0 Å². The van der Waals surface area contributed by atoms with E-state index in [9.17, 15) is 8.42 Å². The van der Waals surface area contributed by atoms with Crippen LogP contribution in [-0.4, -0.2) is 14.5 Å². The molecule has 1 saturated carbocycles. The minimum Gasteiger partial charge on any atom is -0.207 e. The van der Waals surface area contributed by atoms with Gasteiger partial charge in [0.15, 0.2) is 0 Å². The largest absolute Gasteiger partial charge is 0.250 e. The molecular formula is C13H20BrNO2S2. The number of nitrogens with one attached hydrogen (secondary N) is 1. The molecule has 0 aromatic carbocycles. The number of sulfonamides is 1. The van der Waals surface area contributed by atoms with Gasteiger partial charge in [-0.2, -0.15) is 0 Å². The fraction of sp³-hybridized carbons (Fsp3) is 0.692. The molecule has 2 unspecified atom stereocenters. The summed E-state index contributed by atoms with van der Waals surface area (Å²) < 4.78 is 28.9. The van der Waals surface area contributed by atoms with E-state index in [1.807, 2.05) is 6.92 Å². The molecule has 0 spiro atoms. The highest BCUT2D eigenvalue weighted by atomic mass is 79.9. The summed E-state index contributed by atoms with van der Waals surface area (Å²) >= 11 is 4.66. The third-order valence-corrected chi connectivity index (χ3v) is 7.73. The molecule has 1 N–H and O–H groups in total. The topological polar surface area (TPSA) is 46.2 Å². The summed E-state index contributed by atoms with van der Waals surface area (Å²) in [5.74, 6) is 1.18. The number of aryl methyl sites for hydroxylation is 1. The monoisotopic (exact) mass is 365 g/mol. The van der Waals surface area contributed by atoms with Crippen LogP contribution >= 0.6 is 27.3 Å². The Balaban J connectivity index is 2.13. The van der Waals surface area contributed by atoms with E-state index < -0.39 is 10.0 Å². The van der Waals surface area contributed by atoms with Crippen molar-refractivity contribution in [1.29, 1.82) is 0 Å². The number of rotatable bonds is 3. The molecule has 1 heterocycles.